The van der Waals surface area contributed by atoms with Crippen LogP contribution in [0.2, 0.25) is 0 Å². The first-order valence-corrected chi connectivity index (χ1v) is 7.65. The van der Waals surface area contributed by atoms with Crippen molar-refractivity contribution in [2.24, 2.45) is 17.3 Å². The van der Waals surface area contributed by atoms with Crippen molar-refractivity contribution >= 4 is 0 Å². The molecule has 0 amide bonds. The molecule has 17 heavy (non-hydrogen) atoms. The van der Waals surface area contributed by atoms with E-state index < -0.39 is 0 Å². The predicted octanol–water partition coefficient (Wildman–Crippen LogP) is 4.62. The summed E-state index contributed by atoms with van der Waals surface area (Å²) in [5.41, 5.74) is 0.565. The van der Waals surface area contributed by atoms with Gasteiger partial charge in [-0.15, -0.1) is 0 Å². The average molecular weight is 239 g/mol. The fraction of sp³-hybridized carbons (Fsp3) is 1.00. The molecule has 0 saturated heterocycles. The highest BCUT2D eigenvalue weighted by molar-refractivity contribution is 4.88. The fourth-order valence-corrected chi connectivity index (χ4v) is 3.66. The maximum Gasteiger partial charge on any atom is 0.00956 e. The monoisotopic (exact) mass is 239 g/mol. The summed E-state index contributed by atoms with van der Waals surface area (Å²) < 4.78 is 0. The van der Waals surface area contributed by atoms with Crippen molar-refractivity contribution in [3.05, 3.63) is 0 Å². The van der Waals surface area contributed by atoms with Gasteiger partial charge in [-0.25, -0.2) is 0 Å². The van der Waals surface area contributed by atoms with Gasteiger partial charge >= 0.3 is 0 Å². The SMILES string of the molecule is CCC(CC)C(C)NC1CCC(C)(C)CC1C. The van der Waals surface area contributed by atoms with Crippen molar-refractivity contribution in [2.75, 3.05) is 0 Å². The van der Waals surface area contributed by atoms with Crippen molar-refractivity contribution in [3.63, 3.8) is 0 Å². The van der Waals surface area contributed by atoms with E-state index in [0.717, 1.165) is 17.9 Å². The molecule has 0 aromatic rings. The summed E-state index contributed by atoms with van der Waals surface area (Å²) in [4.78, 5) is 0. The van der Waals surface area contributed by atoms with Crippen LogP contribution in [0.25, 0.3) is 0 Å². The van der Waals surface area contributed by atoms with E-state index in [-0.39, 0.29) is 0 Å². The van der Waals surface area contributed by atoms with Crippen molar-refractivity contribution in [3.8, 4) is 0 Å². The normalized spacial score (nSPS) is 30.5. The number of hydrogen-bond acceptors (Lipinski definition) is 1. The lowest BCUT2D eigenvalue weighted by Gasteiger charge is -2.41. The van der Waals surface area contributed by atoms with Gasteiger partial charge in [-0.3, -0.25) is 0 Å². The molecule has 0 heterocycles. The molecular weight excluding hydrogens is 206 g/mol. The van der Waals surface area contributed by atoms with E-state index in [9.17, 15) is 0 Å². The van der Waals surface area contributed by atoms with Gasteiger partial charge in [0.15, 0.2) is 0 Å². The first-order valence-electron chi connectivity index (χ1n) is 7.65. The van der Waals surface area contributed by atoms with E-state index in [4.69, 9.17) is 0 Å². The van der Waals surface area contributed by atoms with Gasteiger partial charge in [-0.05, 0) is 43.4 Å². The van der Waals surface area contributed by atoms with Gasteiger partial charge in [-0.1, -0.05) is 47.5 Å². The molecule has 1 fully saturated rings. The van der Waals surface area contributed by atoms with Crippen LogP contribution in [0.15, 0.2) is 0 Å². The smallest absolute Gasteiger partial charge is 0.00956 e. The molecule has 3 atom stereocenters. The van der Waals surface area contributed by atoms with E-state index in [1.165, 1.54) is 32.1 Å². The highest BCUT2D eigenvalue weighted by Crippen LogP contribution is 2.38. The summed E-state index contributed by atoms with van der Waals surface area (Å²) >= 11 is 0. The van der Waals surface area contributed by atoms with Crippen LogP contribution < -0.4 is 5.32 Å². The second kappa shape index (κ2) is 6.22. The molecule has 1 aliphatic carbocycles. The Kier molecular flexibility index (Phi) is 5.50. The minimum Gasteiger partial charge on any atom is -0.311 e. The Morgan fingerprint density at radius 3 is 2.29 bits per heavy atom. The number of rotatable bonds is 5. The maximum atomic E-state index is 3.91. The molecule has 1 heteroatoms. The van der Waals surface area contributed by atoms with Crippen LogP contribution in [-0.2, 0) is 0 Å². The van der Waals surface area contributed by atoms with Crippen LogP contribution in [-0.4, -0.2) is 12.1 Å². The van der Waals surface area contributed by atoms with Crippen LogP contribution in [0.1, 0.15) is 73.6 Å². The fourth-order valence-electron chi connectivity index (χ4n) is 3.66. The largest absolute Gasteiger partial charge is 0.311 e. The van der Waals surface area contributed by atoms with Gasteiger partial charge in [0.1, 0.15) is 0 Å². The molecule has 0 radical (unpaired) electrons. The zero-order chi connectivity index (χ0) is 13.1. The quantitative estimate of drug-likeness (QED) is 0.738. The van der Waals surface area contributed by atoms with Crippen LogP contribution in [0, 0.1) is 17.3 Å². The molecule has 1 saturated carbocycles. The molecule has 1 aliphatic rings. The second-order valence-electron chi connectivity index (χ2n) is 7.02. The van der Waals surface area contributed by atoms with Crippen molar-refractivity contribution in [1.29, 1.82) is 0 Å². The Balaban J connectivity index is 2.47. The maximum absolute atomic E-state index is 3.91. The molecule has 1 N–H and O–H groups in total. The summed E-state index contributed by atoms with van der Waals surface area (Å²) in [6.07, 6.45) is 6.72. The van der Waals surface area contributed by atoms with Crippen molar-refractivity contribution in [2.45, 2.75) is 85.7 Å². The minimum absolute atomic E-state index is 0.565. The van der Waals surface area contributed by atoms with Crippen LogP contribution in [0.5, 0.6) is 0 Å². The number of nitrogens with one attached hydrogen (secondary N) is 1. The van der Waals surface area contributed by atoms with Gasteiger partial charge in [-0.2, -0.15) is 0 Å². The molecule has 3 unspecified atom stereocenters. The van der Waals surface area contributed by atoms with E-state index in [1.807, 2.05) is 0 Å². The Labute approximate surface area is 109 Å². The Hall–Kier alpha value is -0.0400. The summed E-state index contributed by atoms with van der Waals surface area (Å²) in [5.74, 6) is 1.67. The third-order valence-electron chi connectivity index (χ3n) is 4.93. The molecule has 1 nitrogen and oxygen atoms in total. The van der Waals surface area contributed by atoms with Gasteiger partial charge < -0.3 is 5.32 Å². The van der Waals surface area contributed by atoms with Gasteiger partial charge in [0.2, 0.25) is 0 Å². The van der Waals surface area contributed by atoms with Crippen molar-refractivity contribution < 1.29 is 0 Å². The molecular formula is C16H33N. The summed E-state index contributed by atoms with van der Waals surface area (Å²) in [6, 6.07) is 1.43. The van der Waals surface area contributed by atoms with E-state index >= 15 is 0 Å². The van der Waals surface area contributed by atoms with Gasteiger partial charge in [0.25, 0.3) is 0 Å². The minimum atomic E-state index is 0.565. The first-order chi connectivity index (χ1) is 7.89. The van der Waals surface area contributed by atoms with Crippen LogP contribution in [0.4, 0.5) is 0 Å². The number of hydrogen-bond donors (Lipinski definition) is 1. The lowest BCUT2D eigenvalue weighted by Crippen LogP contribution is -2.47. The summed E-state index contributed by atoms with van der Waals surface area (Å²) in [6.45, 7) is 14.3. The topological polar surface area (TPSA) is 12.0 Å². The molecule has 0 bridgehead atoms. The highest BCUT2D eigenvalue weighted by Gasteiger charge is 2.33. The molecule has 0 aromatic heterocycles. The molecule has 102 valence electrons. The summed E-state index contributed by atoms with van der Waals surface area (Å²) in [5, 5.41) is 3.91. The second-order valence-corrected chi connectivity index (χ2v) is 7.02. The Morgan fingerprint density at radius 2 is 1.82 bits per heavy atom. The molecule has 0 spiro atoms. The average Bonchev–Trinajstić information content (AvgIpc) is 2.23. The summed E-state index contributed by atoms with van der Waals surface area (Å²) in [7, 11) is 0. The zero-order valence-electron chi connectivity index (χ0n) is 12.8. The molecule has 1 rings (SSSR count). The van der Waals surface area contributed by atoms with Gasteiger partial charge in [0.05, 0.1) is 0 Å². The highest BCUT2D eigenvalue weighted by atomic mass is 15.0. The van der Waals surface area contributed by atoms with E-state index in [0.29, 0.717) is 11.5 Å². The molecule has 0 aliphatic heterocycles. The lowest BCUT2D eigenvalue weighted by molar-refractivity contribution is 0.134. The molecule has 0 aromatic carbocycles. The predicted molar refractivity (Wildman–Crippen MR) is 77.3 cm³/mol. The van der Waals surface area contributed by atoms with E-state index in [2.05, 4.69) is 46.9 Å². The van der Waals surface area contributed by atoms with Crippen LogP contribution in [0.3, 0.4) is 0 Å². The third-order valence-corrected chi connectivity index (χ3v) is 4.93. The van der Waals surface area contributed by atoms with Gasteiger partial charge in [0, 0.05) is 12.1 Å². The zero-order valence-corrected chi connectivity index (χ0v) is 12.8. The van der Waals surface area contributed by atoms with Crippen LogP contribution >= 0.6 is 0 Å². The Bertz CT molecular complexity index is 218. The Morgan fingerprint density at radius 1 is 1.24 bits per heavy atom. The first kappa shape index (κ1) is 15.0. The third kappa shape index (κ3) is 4.28. The van der Waals surface area contributed by atoms with Crippen molar-refractivity contribution in [1.82, 2.24) is 5.32 Å². The lowest BCUT2D eigenvalue weighted by atomic mass is 9.70. The standard InChI is InChI=1S/C16H33N/c1-7-14(8-2)13(4)17-15-9-10-16(5,6)11-12(15)3/h12-15,17H,7-11H2,1-6H3. The van der Waals surface area contributed by atoms with E-state index in [1.54, 1.807) is 0 Å².